The zero-order valence-corrected chi connectivity index (χ0v) is 12.4. The van der Waals surface area contributed by atoms with Crippen LogP contribution in [0.5, 0.6) is 0 Å². The minimum atomic E-state index is -0.00940. The number of nitrogens with two attached hydrogens (primary N) is 1. The molecule has 2 aromatic rings. The van der Waals surface area contributed by atoms with Crippen LogP contribution in [0.2, 0.25) is 0 Å². The molecular weight excluding hydrogens is 248 g/mol. The van der Waals surface area contributed by atoms with Gasteiger partial charge in [0.25, 0.3) is 0 Å². The van der Waals surface area contributed by atoms with Gasteiger partial charge in [-0.05, 0) is 50.1 Å². The number of hydrogen-bond acceptors (Lipinski definition) is 4. The molecule has 4 nitrogen and oxygen atoms in total. The maximum Gasteiger partial charge on any atom is 0.128 e. The Bertz CT molecular complexity index is 560. The molecule has 20 heavy (non-hydrogen) atoms. The summed E-state index contributed by atoms with van der Waals surface area (Å²) < 4.78 is 0. The van der Waals surface area contributed by atoms with Gasteiger partial charge in [0.15, 0.2) is 0 Å². The predicted molar refractivity (Wildman–Crippen MR) is 82.5 cm³/mol. The van der Waals surface area contributed by atoms with Crippen molar-refractivity contribution in [2.24, 2.45) is 0 Å². The Balaban J connectivity index is 2.50. The topological polar surface area (TPSA) is 63.8 Å². The van der Waals surface area contributed by atoms with Gasteiger partial charge < -0.3 is 11.1 Å². The quantitative estimate of drug-likeness (QED) is 0.877. The van der Waals surface area contributed by atoms with Crippen molar-refractivity contribution in [1.82, 2.24) is 15.3 Å². The van der Waals surface area contributed by atoms with Gasteiger partial charge in [0.05, 0.1) is 11.7 Å². The lowest BCUT2D eigenvalue weighted by atomic mass is 9.96. The largest absolute Gasteiger partial charge is 0.383 e. The van der Waals surface area contributed by atoms with Gasteiger partial charge in [-0.2, -0.15) is 0 Å². The molecule has 1 atom stereocenters. The molecule has 4 heteroatoms. The molecule has 2 rings (SSSR count). The molecule has 0 radical (unpaired) electrons. The molecule has 0 amide bonds. The third kappa shape index (κ3) is 2.96. The van der Waals surface area contributed by atoms with Crippen LogP contribution in [-0.2, 0) is 0 Å². The summed E-state index contributed by atoms with van der Waals surface area (Å²) in [5.74, 6) is 0.573. The Morgan fingerprint density at radius 3 is 2.60 bits per heavy atom. The zero-order valence-electron chi connectivity index (χ0n) is 12.4. The second kappa shape index (κ2) is 6.48. The van der Waals surface area contributed by atoms with E-state index in [-0.39, 0.29) is 6.04 Å². The first-order valence-corrected chi connectivity index (χ1v) is 7.01. The van der Waals surface area contributed by atoms with E-state index in [0.717, 1.165) is 35.3 Å². The number of nitrogens with one attached hydrogen (secondary N) is 1. The molecule has 2 aromatic heterocycles. The van der Waals surface area contributed by atoms with E-state index < -0.39 is 0 Å². The average Bonchev–Trinajstić information content (AvgIpc) is 2.43. The van der Waals surface area contributed by atoms with Crippen LogP contribution in [0.15, 0.2) is 30.6 Å². The highest BCUT2D eigenvalue weighted by atomic mass is 15.0. The maximum atomic E-state index is 6.10. The highest BCUT2D eigenvalue weighted by Crippen LogP contribution is 2.28. The van der Waals surface area contributed by atoms with Crippen LogP contribution < -0.4 is 11.1 Å². The molecule has 0 aliphatic rings. The molecule has 0 saturated heterocycles. The normalized spacial score (nSPS) is 12.3. The van der Waals surface area contributed by atoms with E-state index in [1.165, 1.54) is 0 Å². The molecule has 0 fully saturated rings. The molecule has 1 unspecified atom stereocenters. The van der Waals surface area contributed by atoms with Crippen LogP contribution >= 0.6 is 0 Å². The van der Waals surface area contributed by atoms with E-state index in [0.29, 0.717) is 5.82 Å². The molecule has 0 aromatic carbocycles. The maximum absolute atomic E-state index is 6.10. The Hall–Kier alpha value is -1.94. The van der Waals surface area contributed by atoms with E-state index in [4.69, 9.17) is 5.73 Å². The van der Waals surface area contributed by atoms with Crippen LogP contribution in [0.25, 0.3) is 0 Å². The summed E-state index contributed by atoms with van der Waals surface area (Å²) in [6.45, 7) is 7.19. The highest BCUT2D eigenvalue weighted by molar-refractivity contribution is 5.49. The van der Waals surface area contributed by atoms with E-state index in [2.05, 4.69) is 42.1 Å². The first-order chi connectivity index (χ1) is 9.65. The first-order valence-electron chi connectivity index (χ1n) is 7.01. The van der Waals surface area contributed by atoms with Gasteiger partial charge in [0.2, 0.25) is 0 Å². The Labute approximate surface area is 120 Å². The average molecular weight is 270 g/mol. The lowest BCUT2D eigenvalue weighted by Gasteiger charge is -2.23. The van der Waals surface area contributed by atoms with Gasteiger partial charge in [0, 0.05) is 18.0 Å². The fraction of sp³-hybridized carbons (Fsp3) is 0.375. The van der Waals surface area contributed by atoms with Crippen LogP contribution in [0.1, 0.15) is 41.8 Å². The molecule has 106 valence electrons. The van der Waals surface area contributed by atoms with Gasteiger partial charge in [-0.25, -0.2) is 4.98 Å². The summed E-state index contributed by atoms with van der Waals surface area (Å²) in [7, 11) is 0. The van der Waals surface area contributed by atoms with Crippen molar-refractivity contribution in [3.63, 3.8) is 0 Å². The second-order valence-corrected chi connectivity index (χ2v) is 5.02. The molecule has 3 N–H and O–H groups in total. The Morgan fingerprint density at radius 1 is 1.15 bits per heavy atom. The number of aryl methyl sites for hydroxylation is 2. The monoisotopic (exact) mass is 270 g/mol. The van der Waals surface area contributed by atoms with Gasteiger partial charge in [-0.15, -0.1) is 0 Å². The van der Waals surface area contributed by atoms with E-state index in [1.807, 2.05) is 18.3 Å². The van der Waals surface area contributed by atoms with E-state index in [9.17, 15) is 0 Å². The molecule has 0 aliphatic carbocycles. The lowest BCUT2D eigenvalue weighted by molar-refractivity contribution is 0.581. The number of nitrogens with zero attached hydrogens (tertiary/aromatic N) is 2. The fourth-order valence-corrected chi connectivity index (χ4v) is 2.39. The van der Waals surface area contributed by atoms with Crippen molar-refractivity contribution in [2.45, 2.75) is 33.2 Å². The molecule has 0 spiro atoms. The number of nitrogen functional groups attached to an aromatic ring is 1. The van der Waals surface area contributed by atoms with E-state index in [1.54, 1.807) is 6.20 Å². The summed E-state index contributed by atoms with van der Waals surface area (Å²) in [4.78, 5) is 8.78. The zero-order chi connectivity index (χ0) is 14.5. The van der Waals surface area contributed by atoms with Gasteiger partial charge in [-0.1, -0.05) is 13.0 Å². The highest BCUT2D eigenvalue weighted by Gasteiger charge is 2.21. The number of anilines is 1. The summed E-state index contributed by atoms with van der Waals surface area (Å²) in [6, 6.07) is 6.01. The predicted octanol–water partition coefficient (Wildman–Crippen LogP) is 2.76. The molecular formula is C16H22N4. The van der Waals surface area contributed by atoms with Gasteiger partial charge in [0.1, 0.15) is 5.82 Å². The summed E-state index contributed by atoms with van der Waals surface area (Å²) in [5, 5.41) is 3.54. The smallest absolute Gasteiger partial charge is 0.128 e. The standard InChI is InChI=1S/C16H22N4/c1-4-8-18-15(14-12(3)6-5-9-19-14)13-11(2)7-10-20-16(13)17/h5-7,9-10,15,18H,4,8H2,1-3H3,(H2,17,20). The second-order valence-electron chi connectivity index (χ2n) is 5.02. The minimum absolute atomic E-state index is 0.00940. The van der Waals surface area contributed by atoms with Crippen molar-refractivity contribution < 1.29 is 0 Å². The van der Waals surface area contributed by atoms with Crippen LogP contribution in [-0.4, -0.2) is 16.5 Å². The first kappa shape index (κ1) is 14.5. The van der Waals surface area contributed by atoms with Gasteiger partial charge >= 0.3 is 0 Å². The summed E-state index contributed by atoms with van der Waals surface area (Å²) in [6.07, 6.45) is 4.63. The SMILES string of the molecule is CCCNC(c1ncccc1C)c1c(C)ccnc1N. The number of hydrogen-bond donors (Lipinski definition) is 2. The molecule has 0 saturated carbocycles. The van der Waals surface area contributed by atoms with Gasteiger partial charge in [-0.3, -0.25) is 4.98 Å². The van der Waals surface area contributed by atoms with Crippen molar-refractivity contribution in [3.8, 4) is 0 Å². The molecule has 2 heterocycles. The number of aromatic nitrogens is 2. The fourth-order valence-electron chi connectivity index (χ4n) is 2.39. The lowest BCUT2D eigenvalue weighted by Crippen LogP contribution is -2.26. The minimum Gasteiger partial charge on any atom is -0.383 e. The molecule has 0 bridgehead atoms. The van der Waals surface area contributed by atoms with Crippen LogP contribution in [0, 0.1) is 13.8 Å². The van der Waals surface area contributed by atoms with Crippen molar-refractivity contribution >= 4 is 5.82 Å². The van der Waals surface area contributed by atoms with Crippen LogP contribution in [0.4, 0.5) is 5.82 Å². The third-order valence-corrected chi connectivity index (χ3v) is 3.45. The van der Waals surface area contributed by atoms with Crippen LogP contribution in [0.3, 0.4) is 0 Å². The van der Waals surface area contributed by atoms with Crippen molar-refractivity contribution in [1.29, 1.82) is 0 Å². The molecule has 0 aliphatic heterocycles. The van der Waals surface area contributed by atoms with Crippen molar-refractivity contribution in [3.05, 3.63) is 53.0 Å². The Kier molecular flexibility index (Phi) is 4.69. The summed E-state index contributed by atoms with van der Waals surface area (Å²) >= 11 is 0. The summed E-state index contributed by atoms with van der Waals surface area (Å²) in [5.41, 5.74) is 10.4. The number of pyridine rings is 2. The Morgan fingerprint density at radius 2 is 1.95 bits per heavy atom. The van der Waals surface area contributed by atoms with Crippen molar-refractivity contribution in [2.75, 3.05) is 12.3 Å². The number of rotatable bonds is 5. The van der Waals surface area contributed by atoms with E-state index >= 15 is 0 Å². The third-order valence-electron chi connectivity index (χ3n) is 3.45.